The van der Waals surface area contributed by atoms with Gasteiger partial charge in [0.15, 0.2) is 0 Å². The van der Waals surface area contributed by atoms with Gasteiger partial charge in [0, 0.05) is 6.54 Å². The van der Waals surface area contributed by atoms with E-state index in [4.69, 9.17) is 4.74 Å². The molecule has 0 aromatic carbocycles. The third kappa shape index (κ3) is 3.73. The molecule has 1 amide bonds. The smallest absolute Gasteiger partial charge is 0.407 e. The van der Waals surface area contributed by atoms with Gasteiger partial charge in [-0.25, -0.2) is 4.79 Å². The Balaban J connectivity index is 2.27. The van der Waals surface area contributed by atoms with Crippen LogP contribution in [0.4, 0.5) is 4.79 Å². The fourth-order valence-corrected chi connectivity index (χ4v) is 1.91. The third-order valence-corrected chi connectivity index (χ3v) is 3.17. The van der Waals surface area contributed by atoms with Crippen LogP contribution in [0.1, 0.15) is 53.4 Å². The molecule has 0 spiro atoms. The highest BCUT2D eigenvalue weighted by Crippen LogP contribution is 2.43. The summed E-state index contributed by atoms with van der Waals surface area (Å²) >= 11 is 0. The van der Waals surface area contributed by atoms with E-state index in [0.717, 1.165) is 13.0 Å². The number of alkyl carbamates (subject to hydrolysis) is 1. The zero-order chi connectivity index (χ0) is 11.5. The van der Waals surface area contributed by atoms with E-state index in [-0.39, 0.29) is 6.09 Å². The molecule has 1 aliphatic carbocycles. The number of rotatable bonds is 3. The number of hydrogen-bond donors (Lipinski definition) is 1. The Morgan fingerprint density at radius 1 is 1.40 bits per heavy atom. The van der Waals surface area contributed by atoms with Crippen molar-refractivity contribution in [2.24, 2.45) is 5.41 Å². The summed E-state index contributed by atoms with van der Waals surface area (Å²) in [6.45, 7) is 8.59. The number of carbonyl (C=O) groups is 1. The molecule has 0 aliphatic heterocycles. The summed E-state index contributed by atoms with van der Waals surface area (Å²) < 4.78 is 5.20. The Morgan fingerprint density at radius 3 is 2.33 bits per heavy atom. The van der Waals surface area contributed by atoms with Crippen LogP contribution in [0.25, 0.3) is 0 Å². The highest BCUT2D eigenvalue weighted by Gasteiger charge is 2.35. The first-order chi connectivity index (χ1) is 6.87. The maximum atomic E-state index is 11.4. The first-order valence-electron chi connectivity index (χ1n) is 5.84. The number of ether oxygens (including phenoxy) is 1. The van der Waals surface area contributed by atoms with Gasteiger partial charge in [-0.15, -0.1) is 0 Å². The van der Waals surface area contributed by atoms with E-state index in [2.05, 4.69) is 12.2 Å². The van der Waals surface area contributed by atoms with Crippen molar-refractivity contribution in [2.45, 2.75) is 59.0 Å². The van der Waals surface area contributed by atoms with E-state index in [1.54, 1.807) is 0 Å². The Bertz CT molecular complexity index is 221. The lowest BCUT2D eigenvalue weighted by Gasteiger charge is -2.41. The number of amides is 1. The maximum Gasteiger partial charge on any atom is 0.407 e. The van der Waals surface area contributed by atoms with Crippen LogP contribution in [-0.2, 0) is 4.74 Å². The topological polar surface area (TPSA) is 38.3 Å². The van der Waals surface area contributed by atoms with Crippen molar-refractivity contribution in [2.75, 3.05) is 6.54 Å². The van der Waals surface area contributed by atoms with E-state index in [9.17, 15) is 4.79 Å². The summed E-state index contributed by atoms with van der Waals surface area (Å²) in [7, 11) is 0. The van der Waals surface area contributed by atoms with E-state index in [1.807, 2.05) is 20.8 Å². The Labute approximate surface area is 92.6 Å². The van der Waals surface area contributed by atoms with Crippen molar-refractivity contribution in [3.05, 3.63) is 0 Å². The number of carbonyl (C=O) groups excluding carboxylic acids is 1. The molecule has 0 atom stereocenters. The van der Waals surface area contributed by atoms with E-state index < -0.39 is 5.60 Å². The Hall–Kier alpha value is -0.730. The summed E-state index contributed by atoms with van der Waals surface area (Å²) in [4.78, 5) is 11.4. The van der Waals surface area contributed by atoms with E-state index >= 15 is 0 Å². The van der Waals surface area contributed by atoms with Crippen LogP contribution in [0.3, 0.4) is 0 Å². The fraction of sp³-hybridized carbons (Fsp3) is 0.917. The minimum Gasteiger partial charge on any atom is -0.444 e. The maximum absolute atomic E-state index is 11.4. The summed E-state index contributed by atoms with van der Waals surface area (Å²) in [5.41, 5.74) is -0.0417. The van der Waals surface area contributed by atoms with Gasteiger partial charge in [0.05, 0.1) is 0 Å². The van der Waals surface area contributed by atoms with E-state index in [0.29, 0.717) is 5.41 Å². The zero-order valence-electron chi connectivity index (χ0n) is 10.4. The first-order valence-corrected chi connectivity index (χ1v) is 5.84. The van der Waals surface area contributed by atoms with Gasteiger partial charge in [-0.05, 0) is 45.4 Å². The molecule has 0 bridgehead atoms. The molecule has 1 aliphatic rings. The van der Waals surface area contributed by atoms with Gasteiger partial charge >= 0.3 is 6.09 Å². The second-order valence-electron chi connectivity index (χ2n) is 5.56. The molecule has 0 saturated heterocycles. The van der Waals surface area contributed by atoms with Crippen LogP contribution < -0.4 is 5.32 Å². The van der Waals surface area contributed by atoms with Crippen LogP contribution in [-0.4, -0.2) is 18.2 Å². The molecule has 1 fully saturated rings. The van der Waals surface area contributed by atoms with Crippen LogP contribution >= 0.6 is 0 Å². The van der Waals surface area contributed by atoms with Crippen molar-refractivity contribution >= 4 is 6.09 Å². The van der Waals surface area contributed by atoms with Crippen molar-refractivity contribution in [3.63, 3.8) is 0 Å². The second kappa shape index (κ2) is 4.42. The summed E-state index contributed by atoms with van der Waals surface area (Å²) in [6, 6.07) is 0. The lowest BCUT2D eigenvalue weighted by molar-refractivity contribution is 0.0446. The second-order valence-corrected chi connectivity index (χ2v) is 5.56. The molecule has 88 valence electrons. The predicted molar refractivity (Wildman–Crippen MR) is 60.8 cm³/mol. The van der Waals surface area contributed by atoms with Gasteiger partial charge in [-0.3, -0.25) is 0 Å². The average Bonchev–Trinajstić information content (AvgIpc) is 1.99. The van der Waals surface area contributed by atoms with Crippen LogP contribution in [0, 0.1) is 5.41 Å². The normalized spacial score (nSPS) is 19.2. The number of hydrogen-bond acceptors (Lipinski definition) is 2. The van der Waals surface area contributed by atoms with Crippen LogP contribution in [0.2, 0.25) is 0 Å². The van der Waals surface area contributed by atoms with Gasteiger partial charge < -0.3 is 10.1 Å². The molecule has 0 heterocycles. The summed E-state index contributed by atoms with van der Waals surface area (Å²) in [5, 5.41) is 2.87. The van der Waals surface area contributed by atoms with Crippen molar-refractivity contribution in [3.8, 4) is 0 Å². The molecule has 3 nitrogen and oxygen atoms in total. The summed E-state index contributed by atoms with van der Waals surface area (Å²) in [6.07, 6.45) is 4.62. The lowest BCUT2D eigenvalue weighted by Crippen LogP contribution is -2.43. The Kier molecular flexibility index (Phi) is 3.63. The molecule has 3 heteroatoms. The van der Waals surface area contributed by atoms with Crippen molar-refractivity contribution in [1.82, 2.24) is 5.32 Å². The zero-order valence-corrected chi connectivity index (χ0v) is 10.4. The molecule has 15 heavy (non-hydrogen) atoms. The summed E-state index contributed by atoms with van der Waals surface area (Å²) in [5.74, 6) is 0. The third-order valence-electron chi connectivity index (χ3n) is 3.17. The first kappa shape index (κ1) is 12.3. The molecule has 0 unspecified atom stereocenters. The quantitative estimate of drug-likeness (QED) is 0.782. The van der Waals surface area contributed by atoms with Gasteiger partial charge in [0.25, 0.3) is 0 Å². The average molecular weight is 213 g/mol. The SMILES string of the molecule is CCC1(CNC(=O)OC(C)(C)C)CCC1. The van der Waals surface area contributed by atoms with Gasteiger partial charge in [0.2, 0.25) is 0 Å². The molecule has 1 saturated carbocycles. The predicted octanol–water partition coefficient (Wildman–Crippen LogP) is 3.09. The minimum atomic E-state index is -0.400. The molecule has 1 N–H and O–H groups in total. The highest BCUT2D eigenvalue weighted by atomic mass is 16.6. The molecular formula is C12H23NO2. The van der Waals surface area contributed by atoms with Gasteiger partial charge in [-0.2, -0.15) is 0 Å². The molecule has 0 aromatic heterocycles. The van der Waals surface area contributed by atoms with Crippen LogP contribution in [0.15, 0.2) is 0 Å². The minimum absolute atomic E-state index is 0.290. The van der Waals surface area contributed by atoms with Crippen LogP contribution in [0.5, 0.6) is 0 Å². The van der Waals surface area contributed by atoms with Gasteiger partial charge in [-0.1, -0.05) is 13.3 Å². The number of nitrogens with one attached hydrogen (secondary N) is 1. The highest BCUT2D eigenvalue weighted by molar-refractivity contribution is 5.67. The molecular weight excluding hydrogens is 190 g/mol. The standard InChI is InChI=1S/C12H23NO2/c1-5-12(7-6-8-12)9-13-10(14)15-11(2,3)4/h5-9H2,1-4H3,(H,13,14). The molecule has 1 rings (SSSR count). The largest absolute Gasteiger partial charge is 0.444 e. The molecule has 0 aromatic rings. The Morgan fingerprint density at radius 2 is 2.00 bits per heavy atom. The van der Waals surface area contributed by atoms with Gasteiger partial charge in [0.1, 0.15) is 5.60 Å². The molecule has 0 radical (unpaired) electrons. The monoisotopic (exact) mass is 213 g/mol. The van der Waals surface area contributed by atoms with Crippen molar-refractivity contribution < 1.29 is 9.53 Å². The van der Waals surface area contributed by atoms with E-state index in [1.165, 1.54) is 19.3 Å². The van der Waals surface area contributed by atoms with Crippen molar-refractivity contribution in [1.29, 1.82) is 0 Å². The fourth-order valence-electron chi connectivity index (χ4n) is 1.91. The lowest BCUT2D eigenvalue weighted by atomic mass is 9.67.